The summed E-state index contributed by atoms with van der Waals surface area (Å²) >= 11 is 0. The Bertz CT molecular complexity index is 1310. The predicted molar refractivity (Wildman–Crippen MR) is 109 cm³/mol. The second kappa shape index (κ2) is 7.03. The molecule has 2 aromatic carbocycles. The van der Waals surface area contributed by atoms with Crippen LogP contribution in [0.25, 0.3) is 33.3 Å². The molecule has 0 aliphatic carbocycles. The molecule has 0 amide bonds. The maximum atomic E-state index is 10.3. The lowest BCUT2D eigenvalue weighted by atomic mass is 9.99. The number of aromatic nitrogens is 4. The van der Waals surface area contributed by atoms with Crippen molar-refractivity contribution in [3.8, 4) is 17.5 Å². The van der Waals surface area contributed by atoms with Crippen LogP contribution < -0.4 is 5.73 Å². The van der Waals surface area contributed by atoms with Gasteiger partial charge in [-0.2, -0.15) is 5.26 Å². The van der Waals surface area contributed by atoms with Crippen molar-refractivity contribution < 1.29 is 14.9 Å². The summed E-state index contributed by atoms with van der Waals surface area (Å²) in [5.41, 5.74) is 8.28. The molecule has 4 N–H and O–H groups in total. The fourth-order valence-corrected chi connectivity index (χ4v) is 4.02. The minimum absolute atomic E-state index is 0.232. The van der Waals surface area contributed by atoms with Gasteiger partial charge in [-0.05, 0) is 17.5 Å². The van der Waals surface area contributed by atoms with Gasteiger partial charge in [0.1, 0.15) is 24.5 Å². The van der Waals surface area contributed by atoms with Crippen molar-refractivity contribution in [2.75, 3.05) is 12.3 Å². The van der Waals surface area contributed by atoms with E-state index in [-0.39, 0.29) is 18.8 Å². The Morgan fingerprint density at radius 3 is 2.73 bits per heavy atom. The molecule has 1 fully saturated rings. The fraction of sp³-hybridized carbons (Fsp3) is 0.238. The number of hydrogen-bond acceptors (Lipinski definition) is 8. The van der Waals surface area contributed by atoms with Crippen molar-refractivity contribution >= 4 is 27.8 Å². The Kier molecular flexibility index (Phi) is 4.33. The monoisotopic (exact) mass is 402 g/mol. The number of ether oxygens (including phenoxy) is 1. The highest BCUT2D eigenvalue weighted by molar-refractivity contribution is 6.00. The topological polar surface area (TPSA) is 143 Å². The van der Waals surface area contributed by atoms with Gasteiger partial charge in [-0.25, -0.2) is 15.0 Å². The van der Waals surface area contributed by atoms with E-state index in [4.69, 9.17) is 15.5 Å². The molecule has 0 unspecified atom stereocenters. The van der Waals surface area contributed by atoms with Crippen molar-refractivity contribution in [3.63, 3.8) is 0 Å². The molecule has 30 heavy (non-hydrogen) atoms. The van der Waals surface area contributed by atoms with Gasteiger partial charge in [0.2, 0.25) is 0 Å². The maximum Gasteiger partial charge on any atom is 0.168 e. The summed E-state index contributed by atoms with van der Waals surface area (Å²) in [6.45, 7) is -0.295. The first-order chi connectivity index (χ1) is 14.6. The summed E-state index contributed by atoms with van der Waals surface area (Å²) in [6.07, 6.45) is -0.493. The zero-order valence-electron chi connectivity index (χ0n) is 15.8. The molecule has 4 aromatic rings. The second-order valence-corrected chi connectivity index (χ2v) is 7.17. The Morgan fingerprint density at radius 2 is 2.00 bits per heavy atom. The summed E-state index contributed by atoms with van der Waals surface area (Å²) in [6, 6.07) is 13.4. The summed E-state index contributed by atoms with van der Waals surface area (Å²) in [7, 11) is 0. The first-order valence-electron chi connectivity index (χ1n) is 9.47. The van der Waals surface area contributed by atoms with Crippen LogP contribution in [-0.2, 0) is 4.74 Å². The van der Waals surface area contributed by atoms with Gasteiger partial charge in [0.05, 0.1) is 24.3 Å². The van der Waals surface area contributed by atoms with E-state index in [0.29, 0.717) is 22.6 Å². The summed E-state index contributed by atoms with van der Waals surface area (Å²) in [4.78, 5) is 13.1. The van der Waals surface area contributed by atoms with Crippen molar-refractivity contribution in [3.05, 3.63) is 48.3 Å². The number of nitrogens with two attached hydrogens (primary N) is 1. The highest BCUT2D eigenvalue weighted by atomic mass is 16.5. The number of benzene rings is 2. The van der Waals surface area contributed by atoms with Crippen molar-refractivity contribution in [2.24, 2.45) is 0 Å². The third-order valence-electron chi connectivity index (χ3n) is 5.46. The number of anilines is 1. The first-order valence-corrected chi connectivity index (χ1v) is 9.47. The quantitative estimate of drug-likeness (QED) is 0.470. The van der Waals surface area contributed by atoms with Crippen LogP contribution in [0.4, 0.5) is 5.82 Å². The third kappa shape index (κ3) is 2.70. The van der Waals surface area contributed by atoms with E-state index in [1.807, 2.05) is 30.3 Å². The number of nitrogen functional groups attached to an aromatic ring is 1. The lowest BCUT2D eigenvalue weighted by Gasteiger charge is -2.17. The van der Waals surface area contributed by atoms with Gasteiger partial charge >= 0.3 is 0 Å². The molecule has 2 aromatic heterocycles. The van der Waals surface area contributed by atoms with Gasteiger partial charge in [-0.3, -0.25) is 4.57 Å². The molecule has 3 atom stereocenters. The van der Waals surface area contributed by atoms with Crippen molar-refractivity contribution in [2.45, 2.75) is 24.9 Å². The smallest absolute Gasteiger partial charge is 0.168 e. The summed E-state index contributed by atoms with van der Waals surface area (Å²) in [5.74, 6) is 0.767. The predicted octanol–water partition coefficient (Wildman–Crippen LogP) is 1.74. The van der Waals surface area contributed by atoms with Crippen LogP contribution in [0.2, 0.25) is 0 Å². The van der Waals surface area contributed by atoms with E-state index >= 15 is 0 Å². The molecular formula is C21H18N6O3. The minimum Gasteiger partial charge on any atom is -0.394 e. The number of nitrogens with zero attached hydrogens (tertiary/aromatic N) is 5. The Labute approximate surface area is 171 Å². The zero-order valence-corrected chi connectivity index (χ0v) is 15.8. The number of aliphatic hydroxyl groups is 2. The normalized spacial score (nSPS) is 21.3. The Morgan fingerprint density at radius 1 is 1.20 bits per heavy atom. The van der Waals surface area contributed by atoms with E-state index in [0.717, 1.165) is 16.3 Å². The highest BCUT2D eigenvalue weighted by Gasteiger charge is 2.37. The molecule has 0 saturated carbocycles. The van der Waals surface area contributed by atoms with Crippen LogP contribution in [0, 0.1) is 11.3 Å². The maximum absolute atomic E-state index is 10.3. The van der Waals surface area contributed by atoms with E-state index in [1.54, 1.807) is 10.6 Å². The van der Waals surface area contributed by atoms with Gasteiger partial charge in [0.15, 0.2) is 17.0 Å². The Balaban J connectivity index is 1.80. The van der Waals surface area contributed by atoms with Crippen LogP contribution in [0.3, 0.4) is 0 Å². The molecule has 1 aliphatic heterocycles. The third-order valence-corrected chi connectivity index (χ3v) is 5.46. The molecule has 9 nitrogen and oxygen atoms in total. The van der Waals surface area contributed by atoms with E-state index in [1.165, 1.54) is 6.33 Å². The number of aliphatic hydroxyl groups excluding tert-OH is 2. The molecule has 0 spiro atoms. The van der Waals surface area contributed by atoms with Crippen molar-refractivity contribution in [1.29, 1.82) is 5.26 Å². The van der Waals surface area contributed by atoms with E-state index < -0.39 is 18.4 Å². The molecule has 3 heterocycles. The zero-order chi connectivity index (χ0) is 20.8. The van der Waals surface area contributed by atoms with E-state index in [9.17, 15) is 15.5 Å². The fourth-order valence-electron chi connectivity index (χ4n) is 4.02. The minimum atomic E-state index is -0.817. The Hall–Kier alpha value is -3.58. The number of hydrogen-bond donors (Lipinski definition) is 3. The highest BCUT2D eigenvalue weighted by Crippen LogP contribution is 2.38. The van der Waals surface area contributed by atoms with Gasteiger partial charge in [0, 0.05) is 17.4 Å². The van der Waals surface area contributed by atoms with Gasteiger partial charge < -0.3 is 20.7 Å². The molecule has 1 saturated heterocycles. The van der Waals surface area contributed by atoms with E-state index in [2.05, 4.69) is 16.0 Å². The number of nitriles is 1. The van der Waals surface area contributed by atoms with Gasteiger partial charge in [-0.15, -0.1) is 0 Å². The van der Waals surface area contributed by atoms with Crippen LogP contribution in [0.1, 0.15) is 18.2 Å². The lowest BCUT2D eigenvalue weighted by molar-refractivity contribution is -0.0426. The van der Waals surface area contributed by atoms with Gasteiger partial charge in [0.25, 0.3) is 0 Å². The lowest BCUT2D eigenvalue weighted by Crippen LogP contribution is -2.24. The molecule has 0 radical (unpaired) electrons. The molecule has 0 bridgehead atoms. The second-order valence-electron chi connectivity index (χ2n) is 7.17. The number of imidazole rings is 1. The average Bonchev–Trinajstić information content (AvgIpc) is 3.33. The van der Waals surface area contributed by atoms with Crippen LogP contribution in [0.15, 0.2) is 42.7 Å². The first kappa shape index (κ1) is 18.4. The van der Waals surface area contributed by atoms with Crippen LogP contribution in [-0.4, -0.2) is 48.5 Å². The number of rotatable bonds is 3. The van der Waals surface area contributed by atoms with Gasteiger partial charge in [-0.1, -0.05) is 24.3 Å². The SMILES string of the molecule is N#Cc1ccc(-c2nc3c(N)ncnc3n2[C@H]2C[C@H](O)[C@@H](CO)O2)c2ccccc12. The number of fused-ring (bicyclic) bond motifs is 2. The summed E-state index contributed by atoms with van der Waals surface area (Å²) < 4.78 is 7.68. The molecule has 9 heteroatoms. The standard InChI is InChI=1S/C21H18N6O3/c22-8-11-5-6-14(13-4-2-1-3-12(11)13)20-26-18-19(23)24-10-25-21(18)27(20)17-7-15(29)16(9-28)30-17/h1-6,10,15-17,28-29H,7,9H2,(H2,23,24,25)/t15-,16+,17+/m0/s1. The molecule has 5 rings (SSSR count). The average molecular weight is 402 g/mol. The molecule has 150 valence electrons. The van der Waals surface area contributed by atoms with Crippen molar-refractivity contribution in [1.82, 2.24) is 19.5 Å². The summed E-state index contributed by atoms with van der Waals surface area (Å²) in [5, 5.41) is 30.9. The van der Waals surface area contributed by atoms with Crippen LogP contribution >= 0.6 is 0 Å². The largest absolute Gasteiger partial charge is 0.394 e. The molecular weight excluding hydrogens is 384 g/mol. The van der Waals surface area contributed by atoms with Crippen LogP contribution in [0.5, 0.6) is 0 Å². The molecule has 1 aliphatic rings.